The minimum Gasteiger partial charge on any atom is -0.341 e. The van der Waals surface area contributed by atoms with Crippen molar-refractivity contribution < 1.29 is 4.79 Å². The summed E-state index contributed by atoms with van der Waals surface area (Å²) in [5.74, 6) is 0.836. The third-order valence-electron chi connectivity index (χ3n) is 3.77. The van der Waals surface area contributed by atoms with E-state index in [2.05, 4.69) is 26.1 Å². The molecule has 0 saturated carbocycles. The van der Waals surface area contributed by atoms with Crippen LogP contribution >= 0.6 is 0 Å². The van der Waals surface area contributed by atoms with Crippen molar-refractivity contribution in [2.75, 3.05) is 20.1 Å². The molecule has 0 aliphatic carbocycles. The monoisotopic (exact) mass is 212 g/mol. The Hall–Kier alpha value is -0.570. The van der Waals surface area contributed by atoms with Gasteiger partial charge in [0.25, 0.3) is 0 Å². The number of amides is 1. The van der Waals surface area contributed by atoms with E-state index in [0.717, 1.165) is 25.9 Å². The molecule has 0 aromatic carbocycles. The standard InChI is InChI=1S/C12H24N2O/c1-5-12(2,3)14(4)11(15)8-10-6-7-13-9-10/h10,13H,5-9H2,1-4H3. The quantitative estimate of drug-likeness (QED) is 0.768. The number of carbonyl (C=O) groups is 1. The molecule has 0 bridgehead atoms. The van der Waals surface area contributed by atoms with Gasteiger partial charge in [-0.15, -0.1) is 0 Å². The Morgan fingerprint density at radius 3 is 2.67 bits per heavy atom. The first-order valence-corrected chi connectivity index (χ1v) is 5.94. The number of carbonyl (C=O) groups excluding carboxylic acids is 1. The Morgan fingerprint density at radius 1 is 1.53 bits per heavy atom. The van der Waals surface area contributed by atoms with Gasteiger partial charge in [-0.2, -0.15) is 0 Å². The Balaban J connectivity index is 2.45. The van der Waals surface area contributed by atoms with Crippen LogP contribution in [0.3, 0.4) is 0 Å². The molecule has 1 fully saturated rings. The molecule has 0 spiro atoms. The van der Waals surface area contributed by atoms with Gasteiger partial charge in [-0.25, -0.2) is 0 Å². The van der Waals surface area contributed by atoms with Gasteiger partial charge < -0.3 is 10.2 Å². The van der Waals surface area contributed by atoms with E-state index in [1.54, 1.807) is 0 Å². The largest absolute Gasteiger partial charge is 0.341 e. The molecule has 1 rings (SSSR count). The lowest BCUT2D eigenvalue weighted by atomic mass is 9.97. The maximum Gasteiger partial charge on any atom is 0.223 e. The number of rotatable bonds is 4. The molecule has 1 atom stereocenters. The zero-order chi connectivity index (χ0) is 11.5. The maximum atomic E-state index is 12.0. The Kier molecular flexibility index (Phi) is 4.14. The van der Waals surface area contributed by atoms with Gasteiger partial charge in [0.1, 0.15) is 0 Å². The van der Waals surface area contributed by atoms with Gasteiger partial charge in [-0.05, 0) is 45.7 Å². The summed E-state index contributed by atoms with van der Waals surface area (Å²) in [6.45, 7) is 8.45. The topological polar surface area (TPSA) is 32.3 Å². The van der Waals surface area contributed by atoms with Gasteiger partial charge in [0.15, 0.2) is 0 Å². The van der Waals surface area contributed by atoms with E-state index in [-0.39, 0.29) is 11.4 Å². The van der Waals surface area contributed by atoms with Crippen LogP contribution in [-0.2, 0) is 4.79 Å². The van der Waals surface area contributed by atoms with E-state index >= 15 is 0 Å². The van der Waals surface area contributed by atoms with Crippen molar-refractivity contribution in [3.63, 3.8) is 0 Å². The molecular formula is C12H24N2O. The molecule has 1 saturated heterocycles. The number of nitrogens with zero attached hydrogens (tertiary/aromatic N) is 1. The van der Waals surface area contributed by atoms with Crippen molar-refractivity contribution in [1.82, 2.24) is 10.2 Å². The second-order valence-corrected chi connectivity index (χ2v) is 5.18. The summed E-state index contributed by atoms with van der Waals surface area (Å²) in [7, 11) is 1.92. The number of hydrogen-bond acceptors (Lipinski definition) is 2. The lowest BCUT2D eigenvalue weighted by Gasteiger charge is -2.35. The molecule has 3 heteroatoms. The molecule has 1 amide bonds. The van der Waals surface area contributed by atoms with E-state index in [1.807, 2.05) is 11.9 Å². The maximum absolute atomic E-state index is 12.0. The van der Waals surface area contributed by atoms with Crippen molar-refractivity contribution in [1.29, 1.82) is 0 Å². The van der Waals surface area contributed by atoms with E-state index in [1.165, 1.54) is 0 Å². The molecule has 1 aliphatic rings. The molecular weight excluding hydrogens is 188 g/mol. The van der Waals surface area contributed by atoms with Crippen LogP contribution < -0.4 is 5.32 Å². The Labute approximate surface area is 93.2 Å². The highest BCUT2D eigenvalue weighted by Crippen LogP contribution is 2.20. The Morgan fingerprint density at radius 2 is 2.20 bits per heavy atom. The first-order valence-electron chi connectivity index (χ1n) is 5.94. The predicted molar refractivity (Wildman–Crippen MR) is 62.7 cm³/mol. The van der Waals surface area contributed by atoms with Crippen LogP contribution in [0, 0.1) is 5.92 Å². The minimum absolute atomic E-state index is 0.0108. The van der Waals surface area contributed by atoms with Gasteiger partial charge in [-0.1, -0.05) is 6.92 Å². The van der Waals surface area contributed by atoms with Crippen molar-refractivity contribution in [2.45, 2.75) is 45.6 Å². The molecule has 1 heterocycles. The number of nitrogens with one attached hydrogen (secondary N) is 1. The summed E-state index contributed by atoms with van der Waals surface area (Å²) in [6.07, 6.45) is 2.84. The van der Waals surface area contributed by atoms with Crippen LogP contribution in [0.5, 0.6) is 0 Å². The second-order valence-electron chi connectivity index (χ2n) is 5.18. The summed E-state index contributed by atoms with van der Waals surface area (Å²) in [4.78, 5) is 13.9. The van der Waals surface area contributed by atoms with Gasteiger partial charge in [0.2, 0.25) is 5.91 Å². The van der Waals surface area contributed by atoms with Crippen LogP contribution in [0.1, 0.15) is 40.0 Å². The molecule has 0 radical (unpaired) electrons. The van der Waals surface area contributed by atoms with Crippen LogP contribution in [0.4, 0.5) is 0 Å². The highest BCUT2D eigenvalue weighted by atomic mass is 16.2. The average molecular weight is 212 g/mol. The summed E-state index contributed by atoms with van der Waals surface area (Å²) in [5, 5.41) is 3.30. The van der Waals surface area contributed by atoms with Crippen LogP contribution in [0.25, 0.3) is 0 Å². The zero-order valence-electron chi connectivity index (χ0n) is 10.5. The van der Waals surface area contributed by atoms with E-state index in [4.69, 9.17) is 0 Å². The summed E-state index contributed by atoms with van der Waals surface area (Å²) >= 11 is 0. The van der Waals surface area contributed by atoms with Crippen LogP contribution in [-0.4, -0.2) is 36.5 Å². The SMILES string of the molecule is CCC(C)(C)N(C)C(=O)CC1CCNC1. The fraction of sp³-hybridized carbons (Fsp3) is 0.917. The third-order valence-corrected chi connectivity index (χ3v) is 3.77. The molecule has 1 unspecified atom stereocenters. The lowest BCUT2D eigenvalue weighted by Crippen LogP contribution is -2.45. The zero-order valence-corrected chi connectivity index (χ0v) is 10.5. The smallest absolute Gasteiger partial charge is 0.223 e. The van der Waals surface area contributed by atoms with E-state index in [0.29, 0.717) is 12.3 Å². The van der Waals surface area contributed by atoms with Crippen molar-refractivity contribution >= 4 is 5.91 Å². The van der Waals surface area contributed by atoms with Gasteiger partial charge in [0.05, 0.1) is 0 Å². The van der Waals surface area contributed by atoms with Crippen molar-refractivity contribution in [3.05, 3.63) is 0 Å². The van der Waals surface area contributed by atoms with Gasteiger partial charge in [-0.3, -0.25) is 4.79 Å². The number of hydrogen-bond donors (Lipinski definition) is 1. The van der Waals surface area contributed by atoms with Crippen LogP contribution in [0.15, 0.2) is 0 Å². The molecule has 1 N–H and O–H groups in total. The average Bonchev–Trinajstić information content (AvgIpc) is 2.69. The van der Waals surface area contributed by atoms with E-state index in [9.17, 15) is 4.79 Å². The molecule has 0 aromatic rings. The van der Waals surface area contributed by atoms with Crippen molar-refractivity contribution in [2.24, 2.45) is 5.92 Å². The second kappa shape index (κ2) is 4.97. The summed E-state index contributed by atoms with van der Waals surface area (Å²) in [6, 6.07) is 0. The molecule has 15 heavy (non-hydrogen) atoms. The summed E-state index contributed by atoms with van der Waals surface area (Å²) in [5.41, 5.74) is -0.0108. The predicted octanol–water partition coefficient (Wildman–Crippen LogP) is 1.63. The highest BCUT2D eigenvalue weighted by molar-refractivity contribution is 5.77. The molecule has 3 nitrogen and oxygen atoms in total. The van der Waals surface area contributed by atoms with E-state index < -0.39 is 0 Å². The minimum atomic E-state index is -0.0108. The fourth-order valence-electron chi connectivity index (χ4n) is 1.85. The van der Waals surface area contributed by atoms with Crippen LogP contribution in [0.2, 0.25) is 0 Å². The first kappa shape index (κ1) is 12.5. The first-order chi connectivity index (χ1) is 6.97. The lowest BCUT2D eigenvalue weighted by molar-refractivity contribution is -0.135. The third kappa shape index (κ3) is 3.20. The van der Waals surface area contributed by atoms with Gasteiger partial charge in [0, 0.05) is 19.0 Å². The Bertz CT molecular complexity index is 220. The van der Waals surface area contributed by atoms with Crippen molar-refractivity contribution in [3.8, 4) is 0 Å². The molecule has 0 aromatic heterocycles. The molecule has 1 aliphatic heterocycles. The normalized spacial score (nSPS) is 21.7. The summed E-state index contributed by atoms with van der Waals surface area (Å²) < 4.78 is 0. The fourth-order valence-corrected chi connectivity index (χ4v) is 1.85. The molecule has 88 valence electrons. The van der Waals surface area contributed by atoms with Gasteiger partial charge >= 0.3 is 0 Å². The highest BCUT2D eigenvalue weighted by Gasteiger charge is 2.27.